The molecule has 0 saturated carbocycles. The molecule has 126 valence electrons. The molecule has 0 bridgehead atoms. The molecule has 1 aromatic carbocycles. The van der Waals surface area contributed by atoms with Crippen molar-refractivity contribution < 1.29 is 14.3 Å². The minimum atomic E-state index is -0.805. The van der Waals surface area contributed by atoms with Crippen LogP contribution in [0.1, 0.15) is 27.9 Å². The zero-order chi connectivity index (χ0) is 17.8. The Morgan fingerprint density at radius 2 is 1.88 bits per heavy atom. The third kappa shape index (κ3) is 3.23. The maximum atomic E-state index is 12.7. The highest BCUT2D eigenvalue weighted by Gasteiger charge is 2.20. The first-order valence-electron chi connectivity index (χ1n) is 7.52. The van der Waals surface area contributed by atoms with E-state index < -0.39 is 17.4 Å². The van der Waals surface area contributed by atoms with Crippen LogP contribution in [0.4, 0.5) is 0 Å². The lowest BCUT2D eigenvalue weighted by molar-refractivity contribution is 0.0506. The summed E-state index contributed by atoms with van der Waals surface area (Å²) in [4.78, 5) is 45.2. The van der Waals surface area contributed by atoms with Gasteiger partial charge in [0.1, 0.15) is 0 Å². The molecule has 0 saturated heterocycles. The predicted molar refractivity (Wildman–Crippen MR) is 89.9 cm³/mol. The smallest absolute Gasteiger partial charge is 0.376 e. The van der Waals surface area contributed by atoms with E-state index in [-0.39, 0.29) is 23.4 Å². The summed E-state index contributed by atoms with van der Waals surface area (Å²) in [7, 11) is 0. The van der Waals surface area contributed by atoms with E-state index in [9.17, 15) is 14.4 Å². The highest BCUT2D eigenvalue weighted by molar-refractivity contribution is 6.00. The number of carbonyl (C=O) groups is 2. The Morgan fingerprint density at radius 1 is 1.16 bits per heavy atom. The number of benzene rings is 1. The van der Waals surface area contributed by atoms with Crippen LogP contribution in [0.15, 0.2) is 53.6 Å². The van der Waals surface area contributed by atoms with Gasteiger partial charge < -0.3 is 4.74 Å². The fourth-order valence-corrected chi connectivity index (χ4v) is 2.24. The van der Waals surface area contributed by atoms with Gasteiger partial charge in [-0.3, -0.25) is 20.0 Å². The molecule has 0 aliphatic rings. The number of nitrogens with zero attached hydrogens (tertiary/aromatic N) is 3. The first kappa shape index (κ1) is 16.3. The number of hydrogen-bond donors (Lipinski definition) is 1. The van der Waals surface area contributed by atoms with Crippen LogP contribution in [0.25, 0.3) is 10.9 Å². The van der Waals surface area contributed by atoms with Gasteiger partial charge in [0.05, 0.1) is 17.5 Å². The van der Waals surface area contributed by atoms with Crippen LogP contribution in [0.3, 0.4) is 0 Å². The molecule has 0 fully saturated rings. The SMILES string of the molecule is CCOC(=O)c1nc2ccccc2c(=O)n1NC(=O)c1ccncc1. The molecule has 2 aromatic heterocycles. The first-order valence-corrected chi connectivity index (χ1v) is 7.52. The topological polar surface area (TPSA) is 103 Å². The van der Waals surface area contributed by atoms with Gasteiger partial charge in [-0.1, -0.05) is 12.1 Å². The number of rotatable bonds is 4. The zero-order valence-corrected chi connectivity index (χ0v) is 13.3. The normalized spacial score (nSPS) is 10.4. The number of esters is 1. The summed E-state index contributed by atoms with van der Waals surface area (Å²) in [6, 6.07) is 9.51. The molecule has 0 unspecified atom stereocenters. The number of hydrogen-bond acceptors (Lipinski definition) is 6. The Balaban J connectivity index is 2.12. The van der Waals surface area contributed by atoms with Crippen LogP contribution in [0.5, 0.6) is 0 Å². The lowest BCUT2D eigenvalue weighted by atomic mass is 10.2. The van der Waals surface area contributed by atoms with E-state index in [0.29, 0.717) is 5.52 Å². The van der Waals surface area contributed by atoms with E-state index in [2.05, 4.69) is 15.4 Å². The molecule has 3 rings (SSSR count). The van der Waals surface area contributed by atoms with Gasteiger partial charge in [0.15, 0.2) is 0 Å². The van der Waals surface area contributed by atoms with Crippen molar-refractivity contribution >= 4 is 22.8 Å². The summed E-state index contributed by atoms with van der Waals surface area (Å²) in [6.07, 6.45) is 2.89. The summed E-state index contributed by atoms with van der Waals surface area (Å²) in [6.45, 7) is 1.75. The minimum Gasteiger partial charge on any atom is -0.460 e. The van der Waals surface area contributed by atoms with Crippen LogP contribution in [-0.4, -0.2) is 33.1 Å². The fourth-order valence-electron chi connectivity index (χ4n) is 2.24. The molecule has 2 heterocycles. The second-order valence-corrected chi connectivity index (χ2v) is 4.99. The van der Waals surface area contributed by atoms with E-state index in [4.69, 9.17) is 4.74 Å². The van der Waals surface area contributed by atoms with Crippen LogP contribution < -0.4 is 11.0 Å². The molecule has 0 aliphatic heterocycles. The number of ether oxygens (including phenoxy) is 1. The maximum Gasteiger partial charge on any atom is 0.376 e. The van der Waals surface area contributed by atoms with E-state index in [1.165, 1.54) is 24.5 Å². The Kier molecular flexibility index (Phi) is 4.51. The van der Waals surface area contributed by atoms with Gasteiger partial charge >= 0.3 is 5.97 Å². The highest BCUT2D eigenvalue weighted by atomic mass is 16.5. The molecule has 3 aromatic rings. The van der Waals surface area contributed by atoms with Crippen LogP contribution in [0.2, 0.25) is 0 Å². The summed E-state index contributed by atoms with van der Waals surface area (Å²) >= 11 is 0. The van der Waals surface area contributed by atoms with E-state index in [0.717, 1.165) is 4.68 Å². The number of pyridine rings is 1. The zero-order valence-electron chi connectivity index (χ0n) is 13.3. The molecule has 0 spiro atoms. The molecular formula is C17H14N4O4. The molecule has 0 atom stereocenters. The number of carbonyl (C=O) groups excluding carboxylic acids is 2. The molecule has 0 aliphatic carbocycles. The van der Waals surface area contributed by atoms with Crippen molar-refractivity contribution in [3.63, 3.8) is 0 Å². The minimum absolute atomic E-state index is 0.111. The van der Waals surface area contributed by atoms with Crippen molar-refractivity contribution in [3.05, 3.63) is 70.5 Å². The van der Waals surface area contributed by atoms with Crippen molar-refractivity contribution in [2.24, 2.45) is 0 Å². The summed E-state index contributed by atoms with van der Waals surface area (Å²) < 4.78 is 5.75. The average Bonchev–Trinajstić information content (AvgIpc) is 2.64. The van der Waals surface area contributed by atoms with Crippen molar-refractivity contribution in [2.45, 2.75) is 6.92 Å². The number of fused-ring (bicyclic) bond motifs is 1. The monoisotopic (exact) mass is 338 g/mol. The Hall–Kier alpha value is -3.55. The molecule has 8 nitrogen and oxygen atoms in total. The van der Waals surface area contributed by atoms with E-state index in [1.807, 2.05) is 0 Å². The van der Waals surface area contributed by atoms with Gasteiger partial charge in [-0.2, -0.15) is 4.68 Å². The standard InChI is InChI=1S/C17H14N4O4/c1-2-25-17(24)14-19-13-6-4-3-5-12(13)16(23)21(14)20-15(22)11-7-9-18-10-8-11/h3-10H,2H2,1H3,(H,20,22). The third-order valence-corrected chi connectivity index (χ3v) is 3.39. The third-order valence-electron chi connectivity index (χ3n) is 3.39. The summed E-state index contributed by atoms with van der Waals surface area (Å²) in [5, 5.41) is 0.269. The first-order chi connectivity index (χ1) is 12.1. The largest absolute Gasteiger partial charge is 0.460 e. The van der Waals surface area contributed by atoms with E-state index in [1.54, 1.807) is 31.2 Å². The second-order valence-electron chi connectivity index (χ2n) is 4.99. The van der Waals surface area contributed by atoms with Crippen molar-refractivity contribution in [1.82, 2.24) is 14.6 Å². The molecule has 1 N–H and O–H groups in total. The molecular weight excluding hydrogens is 324 g/mol. The van der Waals surface area contributed by atoms with Gasteiger partial charge in [-0.25, -0.2) is 9.78 Å². The Labute approximate surface area is 142 Å². The predicted octanol–water partition coefficient (Wildman–Crippen LogP) is 1.35. The maximum absolute atomic E-state index is 12.7. The van der Waals surface area contributed by atoms with Gasteiger partial charge in [0.2, 0.25) is 5.82 Å². The Morgan fingerprint density at radius 3 is 2.60 bits per heavy atom. The van der Waals surface area contributed by atoms with Gasteiger partial charge in [0.25, 0.3) is 11.5 Å². The average molecular weight is 338 g/mol. The molecule has 1 amide bonds. The van der Waals surface area contributed by atoms with Crippen molar-refractivity contribution in [1.29, 1.82) is 0 Å². The lowest BCUT2D eigenvalue weighted by Gasteiger charge is -2.13. The van der Waals surface area contributed by atoms with Crippen LogP contribution >= 0.6 is 0 Å². The number of amides is 1. The van der Waals surface area contributed by atoms with Gasteiger partial charge in [-0.05, 0) is 31.2 Å². The van der Waals surface area contributed by atoms with Gasteiger partial charge in [-0.15, -0.1) is 0 Å². The lowest BCUT2D eigenvalue weighted by Crippen LogP contribution is -2.38. The highest BCUT2D eigenvalue weighted by Crippen LogP contribution is 2.08. The van der Waals surface area contributed by atoms with Crippen molar-refractivity contribution in [2.75, 3.05) is 12.0 Å². The molecule has 0 radical (unpaired) electrons. The fraction of sp³-hybridized carbons (Fsp3) is 0.118. The number of aromatic nitrogens is 3. The number of nitrogens with one attached hydrogen (secondary N) is 1. The van der Waals surface area contributed by atoms with Gasteiger partial charge in [0, 0.05) is 18.0 Å². The van der Waals surface area contributed by atoms with Crippen LogP contribution in [-0.2, 0) is 4.74 Å². The second kappa shape index (κ2) is 6.91. The van der Waals surface area contributed by atoms with E-state index >= 15 is 0 Å². The molecule has 25 heavy (non-hydrogen) atoms. The Bertz CT molecular complexity index is 998. The quantitative estimate of drug-likeness (QED) is 0.720. The number of para-hydroxylation sites is 1. The summed E-state index contributed by atoms with van der Waals surface area (Å²) in [5.74, 6) is -1.68. The molecule has 8 heteroatoms. The summed E-state index contributed by atoms with van der Waals surface area (Å²) in [5.41, 5.74) is 2.45. The van der Waals surface area contributed by atoms with Crippen LogP contribution in [0, 0.1) is 0 Å². The van der Waals surface area contributed by atoms with Crippen molar-refractivity contribution in [3.8, 4) is 0 Å².